The van der Waals surface area contributed by atoms with Crippen molar-refractivity contribution in [2.45, 2.75) is 5.54 Å². The van der Waals surface area contributed by atoms with E-state index in [1.165, 1.54) is 23.5 Å². The first-order chi connectivity index (χ1) is 20.5. The van der Waals surface area contributed by atoms with E-state index in [0.29, 0.717) is 16.6 Å². The van der Waals surface area contributed by atoms with E-state index in [-0.39, 0.29) is 18.1 Å². The molecule has 2 heterocycles. The third-order valence-electron chi connectivity index (χ3n) is 6.69. The molecule has 2 N–H and O–H groups in total. The van der Waals surface area contributed by atoms with Crippen LogP contribution in [0.15, 0.2) is 120 Å². The maximum absolute atomic E-state index is 12.6. The van der Waals surface area contributed by atoms with Gasteiger partial charge in [0.15, 0.2) is 16.6 Å². The zero-order valence-corrected chi connectivity index (χ0v) is 22.8. The zero-order valence-electron chi connectivity index (χ0n) is 22.0. The molecule has 1 aromatic heterocycles. The van der Waals surface area contributed by atoms with E-state index >= 15 is 0 Å². The SMILES string of the molecule is O=C(O)C(=NOC(=O)c1ccc2c(c1)OCO2)c1csc(NC(c2ccccc2)(c2ccccc2)c2ccccc2)n1. The Kier molecular flexibility index (Phi) is 7.35. The number of nitrogens with one attached hydrogen (secondary N) is 1. The molecule has 1 aliphatic rings. The molecule has 9 nitrogen and oxygen atoms in total. The number of hydrogen-bond acceptors (Lipinski definition) is 9. The van der Waals surface area contributed by atoms with Crippen molar-refractivity contribution in [1.82, 2.24) is 4.98 Å². The Balaban J connectivity index is 1.34. The van der Waals surface area contributed by atoms with Gasteiger partial charge >= 0.3 is 11.9 Å². The van der Waals surface area contributed by atoms with Gasteiger partial charge in [-0.3, -0.25) is 0 Å². The lowest BCUT2D eigenvalue weighted by Crippen LogP contribution is -2.38. The lowest BCUT2D eigenvalue weighted by Gasteiger charge is -2.36. The Labute approximate surface area is 244 Å². The van der Waals surface area contributed by atoms with Crippen LogP contribution in [0.3, 0.4) is 0 Å². The molecule has 0 amide bonds. The highest BCUT2D eigenvalue weighted by molar-refractivity contribution is 7.14. The molecule has 0 saturated heterocycles. The summed E-state index contributed by atoms with van der Waals surface area (Å²) in [7, 11) is 0. The molecule has 10 heteroatoms. The highest BCUT2D eigenvalue weighted by atomic mass is 32.1. The number of rotatable bonds is 9. The molecule has 6 rings (SSSR count). The van der Waals surface area contributed by atoms with Crippen LogP contribution < -0.4 is 14.8 Å². The number of fused-ring (bicyclic) bond motifs is 1. The first kappa shape index (κ1) is 26.7. The van der Waals surface area contributed by atoms with Gasteiger partial charge in [0, 0.05) is 5.38 Å². The summed E-state index contributed by atoms with van der Waals surface area (Å²) in [5, 5.41) is 19.1. The summed E-state index contributed by atoms with van der Waals surface area (Å²) in [6, 6.07) is 34.3. The number of carboxylic acid groups (broad SMARTS) is 1. The van der Waals surface area contributed by atoms with Crippen LogP contribution in [0.4, 0.5) is 5.13 Å². The van der Waals surface area contributed by atoms with E-state index < -0.39 is 23.2 Å². The second-order valence-electron chi connectivity index (χ2n) is 9.20. The van der Waals surface area contributed by atoms with Gasteiger partial charge < -0.3 is 24.7 Å². The first-order valence-electron chi connectivity index (χ1n) is 12.9. The predicted octanol–water partition coefficient (Wildman–Crippen LogP) is 5.92. The smallest absolute Gasteiger partial charge is 0.365 e. The van der Waals surface area contributed by atoms with Crippen molar-refractivity contribution in [3.8, 4) is 11.5 Å². The standard InChI is InChI=1S/C32H23N3O6S/c36-29(37)28(35-41-30(38)21-16-17-26-27(18-21)40-20-39-26)25-19-42-31(33-25)34-32(22-10-4-1-5-11-22,23-12-6-2-7-13-23)24-14-8-3-9-15-24/h1-19H,20H2,(H,33,34)(H,36,37). The summed E-state index contributed by atoms with van der Waals surface area (Å²) < 4.78 is 10.5. The molecule has 0 unspecified atom stereocenters. The van der Waals surface area contributed by atoms with Gasteiger partial charge in [-0.2, -0.15) is 0 Å². The Morgan fingerprint density at radius 3 is 1.98 bits per heavy atom. The average Bonchev–Trinajstić information content (AvgIpc) is 3.70. The van der Waals surface area contributed by atoms with Crippen LogP contribution in [0.2, 0.25) is 0 Å². The number of aromatic nitrogens is 1. The summed E-state index contributed by atoms with van der Waals surface area (Å²) >= 11 is 1.21. The fraction of sp³-hybridized carbons (Fsp3) is 0.0625. The van der Waals surface area contributed by atoms with Crippen molar-refractivity contribution in [1.29, 1.82) is 0 Å². The quantitative estimate of drug-likeness (QED) is 0.0959. The fourth-order valence-corrected chi connectivity index (χ4v) is 5.49. The Bertz CT molecular complexity index is 1660. The molecular formula is C32H23N3O6S. The Hall–Kier alpha value is -5.48. The Morgan fingerprint density at radius 1 is 0.833 bits per heavy atom. The van der Waals surface area contributed by atoms with Crippen LogP contribution in [0.25, 0.3) is 0 Å². The average molecular weight is 578 g/mol. The molecule has 0 bridgehead atoms. The number of carbonyl (C=O) groups is 2. The molecule has 0 radical (unpaired) electrons. The molecule has 5 aromatic rings. The van der Waals surface area contributed by atoms with Gasteiger partial charge in [0.25, 0.3) is 0 Å². The summed E-state index contributed by atoms with van der Waals surface area (Å²) in [6.07, 6.45) is 0. The minimum absolute atomic E-state index is 0.0385. The Morgan fingerprint density at radius 2 is 1.40 bits per heavy atom. The van der Waals surface area contributed by atoms with E-state index in [1.807, 2.05) is 91.0 Å². The molecule has 208 valence electrons. The number of oxime groups is 1. The normalized spacial score (nSPS) is 12.5. The van der Waals surface area contributed by atoms with Crippen LogP contribution in [-0.4, -0.2) is 34.5 Å². The lowest BCUT2D eigenvalue weighted by molar-refractivity contribution is -0.129. The maximum Gasteiger partial charge on any atom is 0.365 e. The summed E-state index contributed by atoms with van der Waals surface area (Å²) in [6.45, 7) is 0.0510. The van der Waals surface area contributed by atoms with Crippen molar-refractivity contribution in [2.75, 3.05) is 12.1 Å². The minimum atomic E-state index is -1.40. The van der Waals surface area contributed by atoms with Crippen molar-refractivity contribution in [3.63, 3.8) is 0 Å². The lowest BCUT2D eigenvalue weighted by atomic mass is 9.77. The fourth-order valence-electron chi connectivity index (χ4n) is 4.74. The zero-order chi connectivity index (χ0) is 28.9. The number of benzene rings is 4. The number of carbonyl (C=O) groups excluding carboxylic acids is 1. The van der Waals surface area contributed by atoms with Crippen molar-refractivity contribution in [2.24, 2.45) is 5.16 Å². The van der Waals surface area contributed by atoms with E-state index in [0.717, 1.165) is 16.7 Å². The third kappa shape index (κ3) is 5.18. The number of ether oxygens (including phenoxy) is 2. The van der Waals surface area contributed by atoms with Crippen molar-refractivity contribution >= 4 is 34.1 Å². The first-order valence-corrected chi connectivity index (χ1v) is 13.8. The summed E-state index contributed by atoms with van der Waals surface area (Å²) in [5.74, 6) is -1.36. The number of carboxylic acids is 1. The van der Waals surface area contributed by atoms with E-state index in [9.17, 15) is 14.7 Å². The second-order valence-corrected chi connectivity index (χ2v) is 10.1. The van der Waals surface area contributed by atoms with Gasteiger partial charge in [0.05, 0.1) is 5.56 Å². The summed E-state index contributed by atoms with van der Waals surface area (Å²) in [5.41, 5.74) is 1.68. The predicted molar refractivity (Wildman–Crippen MR) is 157 cm³/mol. The second kappa shape index (κ2) is 11.6. The van der Waals surface area contributed by atoms with E-state index in [1.54, 1.807) is 11.4 Å². The van der Waals surface area contributed by atoms with Crippen LogP contribution in [-0.2, 0) is 15.2 Å². The summed E-state index contributed by atoms with van der Waals surface area (Å²) in [4.78, 5) is 34.3. The van der Waals surface area contributed by atoms with Crippen LogP contribution >= 0.6 is 11.3 Å². The maximum atomic E-state index is 12.6. The van der Waals surface area contributed by atoms with Gasteiger partial charge in [-0.25, -0.2) is 14.6 Å². The third-order valence-corrected chi connectivity index (χ3v) is 7.45. The molecular weight excluding hydrogens is 554 g/mol. The van der Waals surface area contributed by atoms with Crippen molar-refractivity contribution in [3.05, 3.63) is 143 Å². The largest absolute Gasteiger partial charge is 0.476 e. The highest BCUT2D eigenvalue weighted by Gasteiger charge is 2.37. The number of nitrogens with zero attached hydrogens (tertiary/aromatic N) is 2. The van der Waals surface area contributed by atoms with Gasteiger partial charge in [0.2, 0.25) is 12.5 Å². The molecule has 1 aliphatic heterocycles. The molecule has 0 aliphatic carbocycles. The topological polar surface area (TPSA) is 119 Å². The molecule has 0 saturated carbocycles. The van der Waals surface area contributed by atoms with Gasteiger partial charge in [0.1, 0.15) is 11.2 Å². The molecule has 4 aromatic carbocycles. The van der Waals surface area contributed by atoms with Crippen LogP contribution in [0.5, 0.6) is 11.5 Å². The van der Waals surface area contributed by atoms with Gasteiger partial charge in [-0.1, -0.05) is 96.2 Å². The van der Waals surface area contributed by atoms with Gasteiger partial charge in [-0.15, -0.1) is 11.3 Å². The molecule has 0 spiro atoms. The highest BCUT2D eigenvalue weighted by Crippen LogP contribution is 2.40. The van der Waals surface area contributed by atoms with Gasteiger partial charge in [-0.05, 0) is 34.9 Å². The number of hydrogen-bond donors (Lipinski definition) is 2. The van der Waals surface area contributed by atoms with Crippen LogP contribution in [0.1, 0.15) is 32.7 Å². The van der Waals surface area contributed by atoms with Crippen LogP contribution in [0, 0.1) is 0 Å². The molecule has 0 fully saturated rings. The molecule has 0 atom stereocenters. The number of thiazole rings is 1. The number of anilines is 1. The minimum Gasteiger partial charge on any atom is -0.476 e. The monoisotopic (exact) mass is 577 g/mol. The van der Waals surface area contributed by atoms with E-state index in [4.69, 9.17) is 14.3 Å². The van der Waals surface area contributed by atoms with E-state index in [2.05, 4.69) is 15.5 Å². The molecule has 42 heavy (non-hydrogen) atoms. The van der Waals surface area contributed by atoms with Crippen molar-refractivity contribution < 1.29 is 29.0 Å². The number of aliphatic carboxylic acids is 1.